The van der Waals surface area contributed by atoms with E-state index in [-0.39, 0.29) is 34.1 Å². The van der Waals surface area contributed by atoms with Crippen LogP contribution in [0.5, 0.6) is 0 Å². The second kappa shape index (κ2) is 12.6. The van der Waals surface area contributed by atoms with E-state index in [0.29, 0.717) is 56.1 Å². The van der Waals surface area contributed by atoms with Crippen molar-refractivity contribution in [3.8, 4) is 11.1 Å². The van der Waals surface area contributed by atoms with Gasteiger partial charge in [0.25, 0.3) is 0 Å². The summed E-state index contributed by atoms with van der Waals surface area (Å²) in [6.45, 7) is 0. The lowest BCUT2D eigenvalue weighted by Crippen LogP contribution is -2.14. The van der Waals surface area contributed by atoms with E-state index in [1.165, 1.54) is 0 Å². The second-order valence-electron chi connectivity index (χ2n) is 10.2. The number of carbonyl (C=O) groups is 3. The Morgan fingerprint density at radius 2 is 1.07 bits per heavy atom. The van der Waals surface area contributed by atoms with E-state index in [0.717, 1.165) is 0 Å². The summed E-state index contributed by atoms with van der Waals surface area (Å²) >= 11 is 3.51. The molecule has 0 unspecified atom stereocenters. The van der Waals surface area contributed by atoms with Gasteiger partial charge in [0.2, 0.25) is 0 Å². The molecule has 0 saturated heterocycles. The summed E-state index contributed by atoms with van der Waals surface area (Å²) in [6, 6.07) is 36.4. The first-order chi connectivity index (χ1) is 21.5. The number of hydrogen-bond acceptors (Lipinski definition) is 5. The average Bonchev–Trinajstić information content (AvgIpc) is 3.08. The van der Waals surface area contributed by atoms with E-state index in [9.17, 15) is 19.2 Å². The van der Waals surface area contributed by atoms with Crippen LogP contribution in [0.3, 0.4) is 0 Å². The average molecular weight is 642 g/mol. The van der Waals surface area contributed by atoms with Crippen molar-refractivity contribution >= 4 is 44.2 Å². The van der Waals surface area contributed by atoms with Crippen molar-refractivity contribution in [2.24, 2.45) is 0 Å². The molecule has 6 rings (SSSR count). The number of aryl methyl sites for hydroxylation is 1. The molecule has 0 amide bonds. The fraction of sp³-hybridized carbons (Fsp3) is 0.0526. The molecule has 6 heteroatoms. The van der Waals surface area contributed by atoms with Crippen LogP contribution >= 0.6 is 15.9 Å². The van der Waals surface area contributed by atoms with Gasteiger partial charge in [0.15, 0.2) is 17.3 Å². The molecule has 0 fully saturated rings. The Bertz CT molecular complexity index is 2080. The highest BCUT2D eigenvalue weighted by atomic mass is 79.9. The van der Waals surface area contributed by atoms with Gasteiger partial charge in [0.05, 0.1) is 5.56 Å². The molecule has 0 aliphatic heterocycles. The van der Waals surface area contributed by atoms with Crippen LogP contribution in [-0.2, 0) is 6.42 Å². The molecule has 5 nitrogen and oxygen atoms in total. The largest absolute Gasteiger partial charge is 0.422 e. The number of halogens is 1. The molecule has 214 valence electrons. The number of hydrogen-bond donors (Lipinski definition) is 0. The van der Waals surface area contributed by atoms with Crippen LogP contribution in [0.2, 0.25) is 0 Å². The predicted octanol–water partition coefficient (Wildman–Crippen LogP) is 8.09. The van der Waals surface area contributed by atoms with E-state index in [1.54, 1.807) is 109 Å². The SMILES string of the molecule is O=C(c1ccccc1)c1ccc(-c2c(CCBr)c3ccc(C(=O)c4ccccc4)cc3oc2=O)c(C(=O)c2ccccc2)c1. The van der Waals surface area contributed by atoms with Crippen LogP contribution in [0, 0.1) is 0 Å². The summed E-state index contributed by atoms with van der Waals surface area (Å²) in [5.41, 5.74) is 3.33. The summed E-state index contributed by atoms with van der Waals surface area (Å²) in [5, 5.41) is 1.20. The zero-order valence-electron chi connectivity index (χ0n) is 23.5. The Morgan fingerprint density at radius 3 is 1.61 bits per heavy atom. The Labute approximate surface area is 261 Å². The second-order valence-corrected chi connectivity index (χ2v) is 11.0. The number of fused-ring (bicyclic) bond motifs is 1. The maximum absolute atomic E-state index is 14.0. The van der Waals surface area contributed by atoms with Crippen molar-refractivity contribution in [3.05, 3.63) is 177 Å². The first-order valence-corrected chi connectivity index (χ1v) is 15.2. The summed E-state index contributed by atoms with van der Waals surface area (Å²) in [6.07, 6.45) is 0.451. The van der Waals surface area contributed by atoms with E-state index in [1.807, 2.05) is 18.2 Å². The first kappa shape index (κ1) is 28.9. The number of rotatable bonds is 9. The number of alkyl halides is 1. The van der Waals surface area contributed by atoms with Crippen LogP contribution in [-0.4, -0.2) is 22.7 Å². The Balaban J connectivity index is 1.54. The van der Waals surface area contributed by atoms with Crippen molar-refractivity contribution in [2.45, 2.75) is 6.42 Å². The fourth-order valence-corrected chi connectivity index (χ4v) is 5.78. The maximum Gasteiger partial charge on any atom is 0.344 e. The minimum absolute atomic E-state index is 0.185. The minimum Gasteiger partial charge on any atom is -0.422 e. The van der Waals surface area contributed by atoms with E-state index in [4.69, 9.17) is 4.42 Å². The minimum atomic E-state index is -0.637. The van der Waals surface area contributed by atoms with Crippen LogP contribution in [0.4, 0.5) is 0 Å². The molecule has 0 atom stereocenters. The number of ketones is 3. The molecule has 1 heterocycles. The van der Waals surface area contributed by atoms with Gasteiger partial charge in [-0.1, -0.05) is 131 Å². The highest BCUT2D eigenvalue weighted by Gasteiger charge is 2.24. The summed E-state index contributed by atoms with van der Waals surface area (Å²) in [5.74, 6) is -0.742. The third-order valence-electron chi connectivity index (χ3n) is 7.53. The number of benzene rings is 5. The molecule has 0 aliphatic carbocycles. The zero-order chi connectivity index (χ0) is 30.6. The quantitative estimate of drug-likeness (QED) is 0.0906. The fourth-order valence-electron chi connectivity index (χ4n) is 5.38. The van der Waals surface area contributed by atoms with Gasteiger partial charge in [-0.2, -0.15) is 0 Å². The molecule has 6 aromatic rings. The Morgan fingerprint density at radius 1 is 0.568 bits per heavy atom. The molecule has 0 saturated carbocycles. The predicted molar refractivity (Wildman–Crippen MR) is 175 cm³/mol. The standard InChI is InChI=1S/C38H25BrO5/c39-21-20-31-29-18-16-28(36(41)25-12-6-2-7-13-25)23-33(29)44-38(43)34(31)30-19-17-27(35(40)24-10-4-1-5-11-24)22-32(30)37(42)26-14-8-3-9-15-26/h1-19,22-23H,20-21H2. The van der Waals surface area contributed by atoms with Gasteiger partial charge in [0, 0.05) is 49.7 Å². The van der Waals surface area contributed by atoms with Gasteiger partial charge in [0.1, 0.15) is 5.58 Å². The lowest BCUT2D eigenvalue weighted by molar-refractivity contribution is 0.102. The van der Waals surface area contributed by atoms with Gasteiger partial charge >= 0.3 is 5.63 Å². The van der Waals surface area contributed by atoms with Gasteiger partial charge in [-0.05, 0) is 24.1 Å². The normalized spacial score (nSPS) is 10.9. The molecule has 0 radical (unpaired) electrons. The van der Waals surface area contributed by atoms with Gasteiger partial charge < -0.3 is 4.42 Å². The molecule has 44 heavy (non-hydrogen) atoms. The molecular formula is C38H25BrO5. The topological polar surface area (TPSA) is 81.4 Å². The maximum atomic E-state index is 14.0. The van der Waals surface area contributed by atoms with E-state index in [2.05, 4.69) is 15.9 Å². The molecular weight excluding hydrogens is 616 g/mol. The van der Waals surface area contributed by atoms with E-state index < -0.39 is 5.63 Å². The Hall–Kier alpha value is -5.20. The molecule has 0 N–H and O–H groups in total. The highest BCUT2D eigenvalue weighted by molar-refractivity contribution is 9.09. The third kappa shape index (κ3) is 5.60. The lowest BCUT2D eigenvalue weighted by atomic mass is 9.88. The lowest BCUT2D eigenvalue weighted by Gasteiger charge is -2.16. The van der Waals surface area contributed by atoms with Crippen molar-refractivity contribution in [3.63, 3.8) is 0 Å². The van der Waals surface area contributed by atoms with Crippen molar-refractivity contribution in [1.82, 2.24) is 0 Å². The first-order valence-electron chi connectivity index (χ1n) is 14.1. The van der Waals surface area contributed by atoms with Crippen LogP contribution in [0.25, 0.3) is 22.1 Å². The van der Waals surface area contributed by atoms with Crippen LogP contribution in [0.1, 0.15) is 53.3 Å². The van der Waals surface area contributed by atoms with Crippen LogP contribution in [0.15, 0.2) is 137 Å². The Kier molecular flexibility index (Phi) is 8.26. The van der Waals surface area contributed by atoms with Crippen LogP contribution < -0.4 is 5.63 Å². The summed E-state index contributed by atoms with van der Waals surface area (Å²) < 4.78 is 5.85. The van der Waals surface area contributed by atoms with Crippen molar-refractivity contribution in [1.29, 1.82) is 0 Å². The molecule has 0 spiro atoms. The zero-order valence-corrected chi connectivity index (χ0v) is 25.0. The van der Waals surface area contributed by atoms with Gasteiger partial charge in [-0.3, -0.25) is 14.4 Å². The summed E-state index contributed by atoms with van der Waals surface area (Å²) in [4.78, 5) is 54.3. The van der Waals surface area contributed by atoms with Crippen molar-refractivity contribution < 1.29 is 18.8 Å². The van der Waals surface area contributed by atoms with Gasteiger partial charge in [-0.15, -0.1) is 0 Å². The monoisotopic (exact) mass is 640 g/mol. The smallest absolute Gasteiger partial charge is 0.344 e. The molecule has 1 aromatic heterocycles. The molecule has 0 bridgehead atoms. The van der Waals surface area contributed by atoms with Gasteiger partial charge in [-0.25, -0.2) is 4.79 Å². The van der Waals surface area contributed by atoms with E-state index >= 15 is 0 Å². The highest BCUT2D eigenvalue weighted by Crippen LogP contribution is 2.33. The summed E-state index contributed by atoms with van der Waals surface area (Å²) in [7, 11) is 0. The number of carbonyl (C=O) groups excluding carboxylic acids is 3. The molecule has 0 aliphatic rings. The molecule has 5 aromatic carbocycles. The third-order valence-corrected chi connectivity index (χ3v) is 7.92. The van der Waals surface area contributed by atoms with Crippen molar-refractivity contribution in [2.75, 3.05) is 5.33 Å².